The molecule has 3 rings (SSSR count). The van der Waals surface area contributed by atoms with Crippen molar-refractivity contribution in [2.75, 3.05) is 12.8 Å². The van der Waals surface area contributed by atoms with E-state index in [0.29, 0.717) is 11.5 Å². The van der Waals surface area contributed by atoms with Crippen LogP contribution in [0.5, 0.6) is 5.75 Å². The zero-order chi connectivity index (χ0) is 14.8. The van der Waals surface area contributed by atoms with Gasteiger partial charge in [-0.05, 0) is 37.3 Å². The zero-order valence-corrected chi connectivity index (χ0v) is 11.9. The summed E-state index contributed by atoms with van der Waals surface area (Å²) in [6.07, 6.45) is 0. The number of nitrogens with two attached hydrogens (primary N) is 1. The standard InChI is InChI=1S/C16H16N4O/c1-11-18-19-16(20(11)12-6-4-3-5-7-12)14-10-13(21-2)8-9-15(14)17/h3-10H,17H2,1-2H3. The third-order valence-corrected chi connectivity index (χ3v) is 3.34. The molecule has 1 aromatic heterocycles. The van der Waals surface area contributed by atoms with Gasteiger partial charge in [0.2, 0.25) is 0 Å². The lowest BCUT2D eigenvalue weighted by atomic mass is 10.1. The molecule has 0 saturated heterocycles. The molecule has 5 heteroatoms. The number of anilines is 1. The number of para-hydroxylation sites is 1. The van der Waals surface area contributed by atoms with Crippen LogP contribution in [-0.4, -0.2) is 21.9 Å². The summed E-state index contributed by atoms with van der Waals surface area (Å²) in [6, 6.07) is 15.5. The fourth-order valence-corrected chi connectivity index (χ4v) is 2.28. The van der Waals surface area contributed by atoms with Crippen molar-refractivity contribution in [3.63, 3.8) is 0 Å². The molecule has 5 nitrogen and oxygen atoms in total. The number of hydrogen-bond donors (Lipinski definition) is 1. The lowest BCUT2D eigenvalue weighted by molar-refractivity contribution is 0.415. The fraction of sp³-hybridized carbons (Fsp3) is 0.125. The van der Waals surface area contributed by atoms with Crippen molar-refractivity contribution in [2.45, 2.75) is 6.92 Å². The zero-order valence-electron chi connectivity index (χ0n) is 11.9. The van der Waals surface area contributed by atoms with Gasteiger partial charge in [0.1, 0.15) is 11.6 Å². The van der Waals surface area contributed by atoms with Gasteiger partial charge in [-0.1, -0.05) is 18.2 Å². The molecule has 0 spiro atoms. The van der Waals surface area contributed by atoms with Crippen LogP contribution in [0.15, 0.2) is 48.5 Å². The average molecular weight is 280 g/mol. The van der Waals surface area contributed by atoms with Gasteiger partial charge >= 0.3 is 0 Å². The monoisotopic (exact) mass is 280 g/mol. The minimum absolute atomic E-state index is 0.639. The Kier molecular flexibility index (Phi) is 3.31. The number of aromatic nitrogens is 3. The predicted octanol–water partition coefficient (Wildman–Crippen LogP) is 2.83. The second-order valence-corrected chi connectivity index (χ2v) is 4.69. The van der Waals surface area contributed by atoms with Crippen LogP contribution in [0.3, 0.4) is 0 Å². The van der Waals surface area contributed by atoms with Crippen molar-refractivity contribution in [3.05, 3.63) is 54.4 Å². The Hall–Kier alpha value is -2.82. The molecule has 106 valence electrons. The summed E-state index contributed by atoms with van der Waals surface area (Å²) in [6.45, 7) is 1.92. The van der Waals surface area contributed by atoms with E-state index in [9.17, 15) is 0 Å². The molecule has 1 heterocycles. The summed E-state index contributed by atoms with van der Waals surface area (Å²) in [5.74, 6) is 2.24. The molecule has 21 heavy (non-hydrogen) atoms. The Morgan fingerprint density at radius 2 is 1.81 bits per heavy atom. The van der Waals surface area contributed by atoms with Crippen LogP contribution in [0.4, 0.5) is 5.69 Å². The number of nitrogens with zero attached hydrogens (tertiary/aromatic N) is 3. The van der Waals surface area contributed by atoms with E-state index in [1.807, 2.05) is 60.0 Å². The van der Waals surface area contributed by atoms with E-state index in [0.717, 1.165) is 22.8 Å². The molecule has 0 aliphatic rings. The molecule has 0 atom stereocenters. The topological polar surface area (TPSA) is 66.0 Å². The van der Waals surface area contributed by atoms with Gasteiger partial charge in [0, 0.05) is 16.9 Å². The lowest BCUT2D eigenvalue weighted by Crippen LogP contribution is -2.02. The fourth-order valence-electron chi connectivity index (χ4n) is 2.28. The quantitative estimate of drug-likeness (QED) is 0.749. The van der Waals surface area contributed by atoms with Gasteiger partial charge in [0.25, 0.3) is 0 Å². The first-order chi connectivity index (χ1) is 10.2. The molecule has 0 saturated carbocycles. The van der Waals surface area contributed by atoms with Crippen molar-refractivity contribution in [1.82, 2.24) is 14.8 Å². The number of methoxy groups -OCH3 is 1. The second kappa shape index (κ2) is 5.28. The van der Waals surface area contributed by atoms with E-state index in [-0.39, 0.29) is 0 Å². The second-order valence-electron chi connectivity index (χ2n) is 4.69. The highest BCUT2D eigenvalue weighted by molar-refractivity contribution is 5.74. The van der Waals surface area contributed by atoms with Crippen molar-refractivity contribution < 1.29 is 4.74 Å². The molecular formula is C16H16N4O. The van der Waals surface area contributed by atoms with Gasteiger partial charge in [-0.2, -0.15) is 0 Å². The van der Waals surface area contributed by atoms with Gasteiger partial charge < -0.3 is 10.5 Å². The van der Waals surface area contributed by atoms with Crippen LogP contribution >= 0.6 is 0 Å². The molecule has 3 aromatic rings. The normalized spacial score (nSPS) is 10.6. The number of benzene rings is 2. The summed E-state index contributed by atoms with van der Waals surface area (Å²) >= 11 is 0. The van der Waals surface area contributed by atoms with Crippen LogP contribution in [0.2, 0.25) is 0 Å². The molecule has 0 bridgehead atoms. The van der Waals surface area contributed by atoms with E-state index in [4.69, 9.17) is 10.5 Å². The third-order valence-electron chi connectivity index (χ3n) is 3.34. The Morgan fingerprint density at radius 3 is 2.52 bits per heavy atom. The summed E-state index contributed by atoms with van der Waals surface area (Å²) in [5, 5.41) is 8.46. The van der Waals surface area contributed by atoms with Gasteiger partial charge in [0.05, 0.1) is 7.11 Å². The first kappa shape index (κ1) is 13.2. The molecule has 0 aliphatic carbocycles. The maximum absolute atomic E-state index is 6.10. The predicted molar refractivity (Wildman–Crippen MR) is 82.5 cm³/mol. The smallest absolute Gasteiger partial charge is 0.170 e. The van der Waals surface area contributed by atoms with Crippen LogP contribution in [0.25, 0.3) is 17.1 Å². The van der Waals surface area contributed by atoms with E-state index < -0.39 is 0 Å². The SMILES string of the molecule is COc1ccc(N)c(-c2nnc(C)n2-c2ccccc2)c1. The highest BCUT2D eigenvalue weighted by Gasteiger charge is 2.15. The minimum atomic E-state index is 0.639. The maximum Gasteiger partial charge on any atom is 0.170 e. The first-order valence-electron chi connectivity index (χ1n) is 6.62. The summed E-state index contributed by atoms with van der Waals surface area (Å²) in [7, 11) is 1.63. The largest absolute Gasteiger partial charge is 0.497 e. The summed E-state index contributed by atoms with van der Waals surface area (Å²) in [5.41, 5.74) is 8.54. The van der Waals surface area contributed by atoms with E-state index in [1.165, 1.54) is 0 Å². The molecule has 2 N–H and O–H groups in total. The highest BCUT2D eigenvalue weighted by atomic mass is 16.5. The van der Waals surface area contributed by atoms with Crippen molar-refractivity contribution in [2.24, 2.45) is 0 Å². The molecule has 2 aromatic carbocycles. The van der Waals surface area contributed by atoms with Gasteiger partial charge in [-0.25, -0.2) is 0 Å². The third kappa shape index (κ3) is 2.33. The number of ether oxygens (including phenoxy) is 1. The van der Waals surface area contributed by atoms with Crippen molar-refractivity contribution in [3.8, 4) is 22.8 Å². The minimum Gasteiger partial charge on any atom is -0.497 e. The Balaban J connectivity index is 2.21. The van der Waals surface area contributed by atoms with Gasteiger partial charge in [0.15, 0.2) is 5.82 Å². The molecule has 0 fully saturated rings. The summed E-state index contributed by atoms with van der Waals surface area (Å²) < 4.78 is 7.25. The first-order valence-corrected chi connectivity index (χ1v) is 6.62. The average Bonchev–Trinajstić information content (AvgIpc) is 2.90. The molecule has 0 aliphatic heterocycles. The molecule has 0 amide bonds. The number of nitrogen functional groups attached to an aromatic ring is 1. The lowest BCUT2D eigenvalue weighted by Gasteiger charge is -2.11. The van der Waals surface area contributed by atoms with Crippen LogP contribution in [0.1, 0.15) is 5.82 Å². The Morgan fingerprint density at radius 1 is 1.05 bits per heavy atom. The van der Waals surface area contributed by atoms with Crippen LogP contribution in [0, 0.1) is 6.92 Å². The van der Waals surface area contributed by atoms with E-state index >= 15 is 0 Å². The van der Waals surface area contributed by atoms with Crippen LogP contribution < -0.4 is 10.5 Å². The van der Waals surface area contributed by atoms with Crippen molar-refractivity contribution in [1.29, 1.82) is 0 Å². The highest BCUT2D eigenvalue weighted by Crippen LogP contribution is 2.30. The van der Waals surface area contributed by atoms with Crippen molar-refractivity contribution >= 4 is 5.69 Å². The van der Waals surface area contributed by atoms with Gasteiger partial charge in [-0.3, -0.25) is 4.57 Å². The Labute approximate surface area is 123 Å². The maximum atomic E-state index is 6.10. The van der Waals surface area contributed by atoms with Gasteiger partial charge in [-0.15, -0.1) is 10.2 Å². The number of hydrogen-bond acceptors (Lipinski definition) is 4. The molecule has 0 unspecified atom stereocenters. The molecule has 0 radical (unpaired) electrons. The summed E-state index contributed by atoms with van der Waals surface area (Å²) in [4.78, 5) is 0. The van der Waals surface area contributed by atoms with Crippen LogP contribution in [-0.2, 0) is 0 Å². The molecular weight excluding hydrogens is 264 g/mol. The number of aryl methyl sites for hydroxylation is 1. The Bertz CT molecular complexity index is 765. The van der Waals surface area contributed by atoms with E-state index in [1.54, 1.807) is 7.11 Å². The number of rotatable bonds is 3. The van der Waals surface area contributed by atoms with E-state index in [2.05, 4.69) is 10.2 Å².